The Morgan fingerprint density at radius 2 is 0.990 bits per heavy atom. The minimum atomic E-state index is -2.29. The first-order chi connectivity index (χ1) is 46.2. The molecule has 0 aromatic heterocycles. The minimum absolute atomic E-state index is 0.0203. The molecule has 98 heavy (non-hydrogen) atoms. The lowest BCUT2D eigenvalue weighted by molar-refractivity contribution is -0.178. The van der Waals surface area contributed by atoms with Gasteiger partial charge in [0.2, 0.25) is 5.91 Å². The summed E-state index contributed by atoms with van der Waals surface area (Å²) in [5, 5.41) is 11.1. The van der Waals surface area contributed by atoms with Crippen LogP contribution in [0, 0.1) is 17.8 Å². The van der Waals surface area contributed by atoms with E-state index >= 15 is 32.8 Å². The monoisotopic (exact) mass is 1370 g/mol. The van der Waals surface area contributed by atoms with E-state index in [2.05, 4.69) is 9.80 Å². The molecule has 7 rings (SSSR count). The molecular formula is C72H98F2N6O18. The number of carbonyl (C=O) groups excluding carboxylic acids is 10. The zero-order chi connectivity index (χ0) is 71.8. The van der Waals surface area contributed by atoms with Gasteiger partial charge in [0, 0.05) is 84.4 Å². The number of hydrogen-bond donors (Lipinski definition) is 1. The number of aliphatic hydroxyl groups is 1. The van der Waals surface area contributed by atoms with E-state index in [1.807, 2.05) is 12.1 Å². The summed E-state index contributed by atoms with van der Waals surface area (Å²) in [5.41, 5.74) is -2.13. The van der Waals surface area contributed by atoms with E-state index in [9.17, 15) is 29.1 Å². The normalized spacial score (nSPS) is 17.6. The summed E-state index contributed by atoms with van der Waals surface area (Å²) < 4.78 is 71.6. The average Bonchev–Trinajstić information content (AvgIpc) is 0.979. The first-order valence-corrected chi connectivity index (χ1v) is 33.7. The van der Waals surface area contributed by atoms with Crippen LogP contribution < -0.4 is 9.80 Å². The highest BCUT2D eigenvalue weighted by molar-refractivity contribution is 6.15. The zero-order valence-corrected chi connectivity index (χ0v) is 58.3. The largest absolute Gasteiger partial charge is 0.458 e. The van der Waals surface area contributed by atoms with Gasteiger partial charge < -0.3 is 67.6 Å². The molecule has 4 aliphatic rings. The van der Waals surface area contributed by atoms with Gasteiger partial charge in [-0.1, -0.05) is 80.3 Å². The van der Waals surface area contributed by atoms with Crippen molar-refractivity contribution < 1.29 is 95.0 Å². The molecule has 0 spiro atoms. The van der Waals surface area contributed by atoms with Gasteiger partial charge in [0.15, 0.2) is 30.0 Å². The molecule has 8 atom stereocenters. The third-order valence-electron chi connectivity index (χ3n) is 17.7. The van der Waals surface area contributed by atoms with Gasteiger partial charge in [0.05, 0.1) is 32.5 Å². The maximum absolute atomic E-state index is 16.3. The summed E-state index contributed by atoms with van der Waals surface area (Å²) in [7, 11) is 3.52. The molecule has 26 heteroatoms. The molecule has 2 saturated carbocycles. The Balaban J connectivity index is 1.18. The first-order valence-electron chi connectivity index (χ1n) is 33.7. The van der Waals surface area contributed by atoms with E-state index in [1.54, 1.807) is 87.5 Å². The Morgan fingerprint density at radius 1 is 0.561 bits per heavy atom. The number of halogens is 2. The van der Waals surface area contributed by atoms with Gasteiger partial charge in [-0.25, -0.2) is 32.8 Å². The van der Waals surface area contributed by atoms with Crippen molar-refractivity contribution in [3.63, 3.8) is 0 Å². The van der Waals surface area contributed by atoms with E-state index in [0.717, 1.165) is 47.0 Å². The fourth-order valence-electron chi connectivity index (χ4n) is 11.7. The van der Waals surface area contributed by atoms with Crippen molar-refractivity contribution in [3.05, 3.63) is 95.6 Å². The second kappa shape index (κ2) is 34.6. The summed E-state index contributed by atoms with van der Waals surface area (Å²) in [6, 6.07) is 16.1. The molecule has 0 radical (unpaired) electrons. The van der Waals surface area contributed by atoms with Crippen molar-refractivity contribution in [3.8, 4) is 0 Å². The third kappa shape index (κ3) is 23.0. The molecule has 1 N–H and O–H groups in total. The lowest BCUT2D eigenvalue weighted by atomic mass is 9.91. The second-order valence-electron chi connectivity index (χ2n) is 28.2. The highest BCUT2D eigenvalue weighted by Gasteiger charge is 2.48. The van der Waals surface area contributed by atoms with E-state index in [0.29, 0.717) is 99.9 Å². The Hall–Kier alpha value is -8.10. The summed E-state index contributed by atoms with van der Waals surface area (Å²) in [6.07, 6.45) is -5.75. The number of likely N-dealkylation sites (N-methyl/N-ethyl adjacent to an activating group) is 3. The number of carbonyl (C=O) groups is 10. The molecule has 2 heterocycles. The SMILES string of the molecule is C[C@@H](OC(=O)[C@H](CC1CC1)N(CO)C(=O)[C@@H](Cc1ccc(N2CCOCC2)cc1)OC(=O)[C@H](CC(C)(C)F)N(C)C(=O)[C@H](C=O)C(=O)[C@H](CC1CC1)N(C)C(=O)[C@@H](Cc1ccc(N2CCOCC2)cc1)OC(=O)[C@H](CC(C)(C)F)N(C)C(=O)OC(C)(C)C)C(=O)OCc1ccccc1. The number of ketones is 1. The topological polar surface area (TPSA) is 275 Å². The number of rotatable bonds is 34. The van der Waals surface area contributed by atoms with E-state index in [1.165, 1.54) is 34.9 Å². The highest BCUT2D eigenvalue weighted by Crippen LogP contribution is 2.38. The molecule has 4 amide bonds. The smallest absolute Gasteiger partial charge is 0.410 e. The van der Waals surface area contributed by atoms with Crippen molar-refractivity contribution in [2.24, 2.45) is 17.8 Å². The number of aliphatic hydroxyl groups excluding tert-OH is 1. The fourth-order valence-corrected chi connectivity index (χ4v) is 11.7. The van der Waals surface area contributed by atoms with Gasteiger partial charge in [-0.2, -0.15) is 0 Å². The van der Waals surface area contributed by atoms with Crippen molar-refractivity contribution in [2.45, 2.75) is 186 Å². The van der Waals surface area contributed by atoms with Gasteiger partial charge in [-0.15, -0.1) is 0 Å². The summed E-state index contributed by atoms with van der Waals surface area (Å²) in [6.45, 7) is 13.9. The molecule has 4 fully saturated rings. The van der Waals surface area contributed by atoms with Crippen molar-refractivity contribution >= 4 is 71.1 Å². The average molecular weight is 1370 g/mol. The number of anilines is 2. The van der Waals surface area contributed by atoms with Gasteiger partial charge in [-0.05, 0) is 121 Å². The Bertz CT molecular complexity index is 3210. The van der Waals surface area contributed by atoms with Crippen LogP contribution in [0.2, 0.25) is 0 Å². The van der Waals surface area contributed by atoms with Crippen LogP contribution in [0.3, 0.4) is 0 Å². The number of benzene rings is 3. The molecule has 3 aromatic carbocycles. The van der Waals surface area contributed by atoms with Crippen LogP contribution >= 0.6 is 0 Å². The summed E-state index contributed by atoms with van der Waals surface area (Å²) in [5.74, 6) is -11.5. The molecule has 24 nitrogen and oxygen atoms in total. The highest BCUT2D eigenvalue weighted by atomic mass is 19.1. The zero-order valence-electron chi connectivity index (χ0n) is 58.3. The molecule has 2 aliphatic heterocycles. The number of aldehydes is 1. The third-order valence-corrected chi connectivity index (χ3v) is 17.7. The number of esters is 4. The lowest BCUT2D eigenvalue weighted by Crippen LogP contribution is -2.56. The molecule has 2 saturated heterocycles. The number of nitrogens with zero attached hydrogens (tertiary/aromatic N) is 6. The van der Waals surface area contributed by atoms with Crippen LogP contribution in [-0.2, 0) is 95.8 Å². The summed E-state index contributed by atoms with van der Waals surface area (Å²) in [4.78, 5) is 152. The lowest BCUT2D eigenvalue weighted by Gasteiger charge is -2.36. The fraction of sp³-hybridized carbons (Fsp3) is 0.611. The number of amides is 4. The van der Waals surface area contributed by atoms with Crippen molar-refractivity contribution in [1.29, 1.82) is 0 Å². The molecular weight excluding hydrogens is 1270 g/mol. The Labute approximate surface area is 572 Å². The number of alkyl halides is 2. The molecule has 0 bridgehead atoms. The molecule has 3 aromatic rings. The van der Waals surface area contributed by atoms with E-state index < -0.39 is 145 Å². The van der Waals surface area contributed by atoms with Gasteiger partial charge >= 0.3 is 30.0 Å². The van der Waals surface area contributed by atoms with Gasteiger partial charge in [0.25, 0.3) is 11.8 Å². The van der Waals surface area contributed by atoms with Crippen LogP contribution in [0.25, 0.3) is 0 Å². The number of hydrogen-bond acceptors (Lipinski definition) is 20. The Kier molecular flexibility index (Phi) is 27.3. The molecule has 538 valence electrons. The van der Waals surface area contributed by atoms with Crippen LogP contribution in [0.15, 0.2) is 78.9 Å². The molecule has 0 unspecified atom stereocenters. The molecule has 2 aliphatic carbocycles. The van der Waals surface area contributed by atoms with E-state index in [-0.39, 0.29) is 44.0 Å². The van der Waals surface area contributed by atoms with E-state index in [4.69, 9.17) is 33.2 Å². The van der Waals surface area contributed by atoms with Crippen LogP contribution in [0.5, 0.6) is 0 Å². The van der Waals surface area contributed by atoms with Gasteiger partial charge in [-0.3, -0.25) is 24.1 Å². The second-order valence-corrected chi connectivity index (χ2v) is 28.2. The Morgan fingerprint density at radius 3 is 1.42 bits per heavy atom. The maximum atomic E-state index is 16.3. The predicted octanol–water partition coefficient (Wildman–Crippen LogP) is 6.94. The van der Waals surface area contributed by atoms with Crippen LogP contribution in [-0.4, -0.2) is 224 Å². The minimum Gasteiger partial charge on any atom is -0.458 e. The van der Waals surface area contributed by atoms with Crippen LogP contribution in [0.4, 0.5) is 25.0 Å². The quantitative estimate of drug-likeness (QED) is 0.0208. The maximum Gasteiger partial charge on any atom is 0.410 e. The van der Waals surface area contributed by atoms with Crippen molar-refractivity contribution in [2.75, 3.05) is 90.3 Å². The number of morpholine rings is 2. The van der Waals surface area contributed by atoms with Crippen molar-refractivity contribution in [1.82, 2.24) is 19.6 Å². The predicted molar refractivity (Wildman–Crippen MR) is 355 cm³/mol. The number of Topliss-reactive ketones (excluding diaryl/α,β-unsaturated/α-hetero) is 1. The number of ether oxygens (including phenoxy) is 7. The van der Waals surface area contributed by atoms with Gasteiger partial charge in [0.1, 0.15) is 54.7 Å². The standard InChI is InChI=1S/C72H98F2N6O18/c1-46(65(87)94-44-51-15-13-12-14-16-51)95-66(88)56(38-48-19-20-48)80(45-82)64(86)60(40-50-23-27-53(28-24-50)79-31-35-93-36-32-79)97-67(89)57(41-71(5,6)73)76(10)62(84)54(43-81)61(83)55(37-47-17-18-47)75(9)63(85)59(39-49-21-25-52(26-22-49)78-29-33-92-34-30-78)96-68(90)58(42-72(7,8)74)77(11)69(91)98-70(2,3)4/h12-16,21-28,43,46-48,54-60,82H,17-20,29-42,44-45H2,1-11H3/t46-,54-,55+,56+,57+,58+,59-,60-/m1/s1. The first kappa shape index (κ1) is 77.3. The van der Waals surface area contributed by atoms with Crippen LogP contribution in [0.1, 0.15) is 123 Å². The summed E-state index contributed by atoms with van der Waals surface area (Å²) >= 11 is 0.